The van der Waals surface area contributed by atoms with Gasteiger partial charge in [0, 0.05) is 12.8 Å². The summed E-state index contributed by atoms with van der Waals surface area (Å²) in [7, 11) is 0. The van der Waals surface area contributed by atoms with E-state index in [0.717, 1.165) is 0 Å². The van der Waals surface area contributed by atoms with Crippen LogP contribution in [0.3, 0.4) is 0 Å². The van der Waals surface area contributed by atoms with Crippen molar-refractivity contribution in [2.45, 2.75) is 37.8 Å². The number of alkyl halides is 5. The first kappa shape index (κ1) is 11.6. The van der Waals surface area contributed by atoms with E-state index >= 15 is 0 Å². The molecule has 0 saturated heterocycles. The predicted octanol–water partition coefficient (Wildman–Crippen LogP) is 3.23. The van der Waals surface area contributed by atoms with Gasteiger partial charge in [-0.1, -0.05) is 6.92 Å². The number of rotatable bonds is 5. The Morgan fingerprint density at radius 2 is 1.67 bits per heavy atom. The molecule has 0 N–H and O–H groups in total. The van der Waals surface area contributed by atoms with Crippen LogP contribution < -0.4 is 0 Å². The summed E-state index contributed by atoms with van der Waals surface area (Å²) in [6.07, 6.45) is -8.17. The van der Waals surface area contributed by atoms with Gasteiger partial charge in [-0.2, -0.15) is 0 Å². The Morgan fingerprint density at radius 3 is 2.00 bits per heavy atom. The first-order valence-corrected chi connectivity index (χ1v) is 3.49. The zero-order valence-corrected chi connectivity index (χ0v) is 6.37. The highest BCUT2D eigenvalue weighted by atomic mass is 19.3. The summed E-state index contributed by atoms with van der Waals surface area (Å²) in [6.45, 7) is 3.10. The zero-order valence-electron chi connectivity index (χ0n) is 6.37. The standard InChI is InChI=1S/C7H10F5/c1-2-3-7(11,12)5(8)4-6(9)10/h5-6H,1-4H2/t5-/m0/s1. The zero-order chi connectivity index (χ0) is 9.78. The van der Waals surface area contributed by atoms with Crippen molar-refractivity contribution in [2.75, 3.05) is 0 Å². The molecule has 0 bridgehead atoms. The second-order valence-electron chi connectivity index (χ2n) is 2.46. The molecule has 0 fully saturated rings. The summed E-state index contributed by atoms with van der Waals surface area (Å²) in [4.78, 5) is 0. The van der Waals surface area contributed by atoms with Gasteiger partial charge in [-0.3, -0.25) is 0 Å². The van der Waals surface area contributed by atoms with Crippen LogP contribution in [-0.2, 0) is 0 Å². The Bertz CT molecular complexity index is 123. The van der Waals surface area contributed by atoms with Crippen molar-refractivity contribution >= 4 is 0 Å². The van der Waals surface area contributed by atoms with Crippen LogP contribution in [0.2, 0.25) is 0 Å². The van der Waals surface area contributed by atoms with Gasteiger partial charge >= 0.3 is 0 Å². The average molecular weight is 189 g/mol. The molecule has 0 aliphatic heterocycles. The lowest BCUT2D eigenvalue weighted by Gasteiger charge is -2.19. The normalized spacial score (nSPS) is 15.2. The summed E-state index contributed by atoms with van der Waals surface area (Å²) in [6, 6.07) is 0. The maximum Gasteiger partial charge on any atom is 0.278 e. The van der Waals surface area contributed by atoms with Gasteiger partial charge in [-0.25, -0.2) is 22.0 Å². The van der Waals surface area contributed by atoms with Crippen molar-refractivity contribution in [2.24, 2.45) is 0 Å². The van der Waals surface area contributed by atoms with Gasteiger partial charge in [0.05, 0.1) is 0 Å². The molecule has 0 saturated carbocycles. The third-order valence-electron chi connectivity index (χ3n) is 1.35. The molecule has 0 aromatic heterocycles. The number of halogens is 5. The molecule has 12 heavy (non-hydrogen) atoms. The Hall–Kier alpha value is -0.350. The second-order valence-corrected chi connectivity index (χ2v) is 2.46. The van der Waals surface area contributed by atoms with Crippen LogP contribution in [0.4, 0.5) is 22.0 Å². The van der Waals surface area contributed by atoms with E-state index in [-0.39, 0.29) is 6.42 Å². The molecule has 5 heteroatoms. The maximum absolute atomic E-state index is 12.4. The Labute approximate surface area is 67.8 Å². The van der Waals surface area contributed by atoms with Crippen molar-refractivity contribution in [1.29, 1.82) is 0 Å². The Balaban J connectivity index is 3.96. The molecule has 0 aliphatic carbocycles. The molecule has 0 spiro atoms. The van der Waals surface area contributed by atoms with E-state index in [4.69, 9.17) is 0 Å². The molecule has 0 unspecified atom stereocenters. The van der Waals surface area contributed by atoms with Crippen molar-refractivity contribution in [1.82, 2.24) is 0 Å². The van der Waals surface area contributed by atoms with Crippen LogP contribution in [0.5, 0.6) is 0 Å². The average Bonchev–Trinajstić information content (AvgIpc) is 1.85. The number of hydrogen-bond donors (Lipinski definition) is 0. The molecular formula is C7H10F5. The monoisotopic (exact) mass is 189 g/mol. The van der Waals surface area contributed by atoms with Crippen molar-refractivity contribution in [3.63, 3.8) is 0 Å². The minimum atomic E-state index is -3.67. The molecule has 1 radical (unpaired) electrons. The topological polar surface area (TPSA) is 0 Å². The molecule has 0 aromatic carbocycles. The van der Waals surface area contributed by atoms with Gasteiger partial charge in [0.15, 0.2) is 6.17 Å². The highest BCUT2D eigenvalue weighted by Crippen LogP contribution is 2.30. The summed E-state index contributed by atoms with van der Waals surface area (Å²) in [5, 5.41) is 0. The van der Waals surface area contributed by atoms with Crippen molar-refractivity contribution in [3.8, 4) is 0 Å². The third-order valence-corrected chi connectivity index (χ3v) is 1.35. The van der Waals surface area contributed by atoms with Crippen LogP contribution in [0, 0.1) is 6.92 Å². The molecule has 0 aromatic rings. The SMILES string of the molecule is [CH2]CCC(F)(F)[C@@H](F)CC(F)F. The highest BCUT2D eigenvalue weighted by molar-refractivity contribution is 4.77. The third kappa shape index (κ3) is 3.88. The maximum atomic E-state index is 12.4. The lowest BCUT2D eigenvalue weighted by molar-refractivity contribution is -0.0948. The van der Waals surface area contributed by atoms with Crippen molar-refractivity contribution < 1.29 is 22.0 Å². The molecule has 0 heterocycles. The van der Waals surface area contributed by atoms with Crippen LogP contribution >= 0.6 is 0 Å². The largest absolute Gasteiger partial charge is 0.278 e. The highest BCUT2D eigenvalue weighted by Gasteiger charge is 2.40. The van der Waals surface area contributed by atoms with Crippen molar-refractivity contribution in [3.05, 3.63) is 6.92 Å². The van der Waals surface area contributed by atoms with Crippen LogP contribution in [-0.4, -0.2) is 18.5 Å². The number of hydrogen-bond acceptors (Lipinski definition) is 0. The van der Waals surface area contributed by atoms with Gasteiger partial charge in [-0.15, -0.1) is 0 Å². The minimum absolute atomic E-state index is 0.170. The van der Waals surface area contributed by atoms with E-state index < -0.39 is 31.4 Å². The summed E-state index contributed by atoms with van der Waals surface area (Å²) in [5.41, 5.74) is 0. The molecule has 73 valence electrons. The molecule has 0 rings (SSSR count). The fourth-order valence-corrected chi connectivity index (χ4v) is 0.721. The van der Waals surface area contributed by atoms with Gasteiger partial charge in [0.2, 0.25) is 6.43 Å². The predicted molar refractivity (Wildman–Crippen MR) is 35.1 cm³/mol. The van der Waals surface area contributed by atoms with Gasteiger partial charge < -0.3 is 0 Å². The van der Waals surface area contributed by atoms with E-state index in [2.05, 4.69) is 6.92 Å². The molecule has 0 amide bonds. The van der Waals surface area contributed by atoms with Crippen LogP contribution in [0.25, 0.3) is 0 Å². The smallest absolute Gasteiger partial charge is 0.241 e. The van der Waals surface area contributed by atoms with Gasteiger partial charge in [0.25, 0.3) is 5.92 Å². The summed E-state index contributed by atoms with van der Waals surface area (Å²) >= 11 is 0. The molecule has 0 aliphatic rings. The fraction of sp³-hybridized carbons (Fsp3) is 0.857. The lowest BCUT2D eigenvalue weighted by atomic mass is 10.1. The van der Waals surface area contributed by atoms with Crippen LogP contribution in [0.1, 0.15) is 19.3 Å². The van der Waals surface area contributed by atoms with E-state index in [1.54, 1.807) is 0 Å². The summed E-state index contributed by atoms with van der Waals surface area (Å²) in [5.74, 6) is -3.67. The van der Waals surface area contributed by atoms with Gasteiger partial charge in [-0.05, 0) is 6.42 Å². The van der Waals surface area contributed by atoms with E-state index in [1.165, 1.54) is 0 Å². The Morgan fingerprint density at radius 1 is 1.17 bits per heavy atom. The molecule has 0 nitrogen and oxygen atoms in total. The van der Waals surface area contributed by atoms with E-state index in [9.17, 15) is 22.0 Å². The lowest BCUT2D eigenvalue weighted by Crippen LogP contribution is -2.31. The second kappa shape index (κ2) is 4.62. The molecule has 1 atom stereocenters. The first-order valence-electron chi connectivity index (χ1n) is 3.49. The van der Waals surface area contributed by atoms with E-state index in [1.807, 2.05) is 0 Å². The van der Waals surface area contributed by atoms with Crippen LogP contribution in [0.15, 0.2) is 0 Å². The first-order chi connectivity index (χ1) is 5.40. The Kier molecular flexibility index (Phi) is 4.49. The summed E-state index contributed by atoms with van der Waals surface area (Å²) < 4.78 is 60.2. The molecular weight excluding hydrogens is 179 g/mol. The quantitative estimate of drug-likeness (QED) is 0.582. The van der Waals surface area contributed by atoms with Gasteiger partial charge in [0.1, 0.15) is 0 Å². The fourth-order valence-electron chi connectivity index (χ4n) is 0.721. The minimum Gasteiger partial charge on any atom is -0.241 e. The van der Waals surface area contributed by atoms with E-state index in [0.29, 0.717) is 0 Å².